The highest BCUT2D eigenvalue weighted by Crippen LogP contribution is 2.32. The van der Waals surface area contributed by atoms with Gasteiger partial charge >= 0.3 is 0 Å². The van der Waals surface area contributed by atoms with Gasteiger partial charge < -0.3 is 15.0 Å². The standard InChI is InChI=1S/C24H24N4O4S/c1-14(2)20(28-22(30)16-5-3-4-6-17(16)23(28)31)21(29)25-15-7-8-18-19(13-15)33-24(26-18)27-9-11-32-12-10-27/h3-8,13-14,20H,9-12H2,1-2H3,(H,25,29). The molecule has 2 aliphatic heterocycles. The summed E-state index contributed by atoms with van der Waals surface area (Å²) in [6, 6.07) is 11.3. The summed E-state index contributed by atoms with van der Waals surface area (Å²) in [5, 5.41) is 3.84. The Bertz CT molecular complexity index is 1210. The van der Waals surface area contributed by atoms with E-state index in [9.17, 15) is 14.4 Å². The Morgan fingerprint density at radius 2 is 1.73 bits per heavy atom. The fourth-order valence-corrected chi connectivity index (χ4v) is 5.33. The number of aromatic nitrogens is 1. The molecule has 1 unspecified atom stereocenters. The van der Waals surface area contributed by atoms with E-state index in [0.29, 0.717) is 30.0 Å². The van der Waals surface area contributed by atoms with Gasteiger partial charge in [-0.2, -0.15) is 0 Å². The average Bonchev–Trinajstić information content (AvgIpc) is 3.35. The van der Waals surface area contributed by atoms with Gasteiger partial charge in [0.25, 0.3) is 11.8 Å². The minimum atomic E-state index is -0.918. The number of nitrogens with zero attached hydrogens (tertiary/aromatic N) is 3. The second-order valence-electron chi connectivity index (χ2n) is 8.48. The zero-order valence-electron chi connectivity index (χ0n) is 18.4. The van der Waals surface area contributed by atoms with Gasteiger partial charge in [0.1, 0.15) is 6.04 Å². The summed E-state index contributed by atoms with van der Waals surface area (Å²) in [5.74, 6) is -1.51. The van der Waals surface area contributed by atoms with E-state index in [1.807, 2.05) is 26.0 Å². The molecule has 3 aromatic rings. The summed E-state index contributed by atoms with van der Waals surface area (Å²) in [4.78, 5) is 47.2. The number of ether oxygens (including phenoxy) is 1. The Balaban J connectivity index is 1.38. The van der Waals surface area contributed by atoms with Crippen LogP contribution in [0.5, 0.6) is 0 Å². The predicted molar refractivity (Wildman–Crippen MR) is 127 cm³/mol. The molecule has 0 bridgehead atoms. The largest absolute Gasteiger partial charge is 0.378 e. The predicted octanol–water partition coefficient (Wildman–Crippen LogP) is 3.39. The van der Waals surface area contributed by atoms with Gasteiger partial charge in [-0.1, -0.05) is 37.3 Å². The Morgan fingerprint density at radius 1 is 1.06 bits per heavy atom. The molecule has 33 heavy (non-hydrogen) atoms. The Hall–Kier alpha value is -3.30. The maximum atomic E-state index is 13.3. The number of nitrogens with one attached hydrogen (secondary N) is 1. The van der Waals surface area contributed by atoms with E-state index in [2.05, 4.69) is 10.2 Å². The van der Waals surface area contributed by atoms with Gasteiger partial charge in [0.2, 0.25) is 5.91 Å². The molecule has 1 N–H and O–H groups in total. The van der Waals surface area contributed by atoms with Crippen molar-refractivity contribution in [3.8, 4) is 0 Å². The number of thiazole rings is 1. The van der Waals surface area contributed by atoms with Crippen LogP contribution in [-0.4, -0.2) is 60.0 Å². The van der Waals surface area contributed by atoms with Gasteiger partial charge in [-0.25, -0.2) is 4.98 Å². The molecule has 170 valence electrons. The Morgan fingerprint density at radius 3 is 2.36 bits per heavy atom. The number of carbonyl (C=O) groups is 3. The third kappa shape index (κ3) is 3.87. The van der Waals surface area contributed by atoms with E-state index in [0.717, 1.165) is 33.3 Å². The fraction of sp³-hybridized carbons (Fsp3) is 0.333. The summed E-state index contributed by atoms with van der Waals surface area (Å²) < 4.78 is 6.37. The molecule has 0 saturated carbocycles. The van der Waals surface area contributed by atoms with Gasteiger partial charge in [-0.3, -0.25) is 19.3 Å². The molecular weight excluding hydrogens is 440 g/mol. The highest BCUT2D eigenvalue weighted by molar-refractivity contribution is 7.22. The smallest absolute Gasteiger partial charge is 0.262 e. The number of hydrogen-bond acceptors (Lipinski definition) is 7. The van der Waals surface area contributed by atoms with Crippen molar-refractivity contribution >= 4 is 50.1 Å². The Labute approximate surface area is 195 Å². The molecule has 2 aliphatic rings. The summed E-state index contributed by atoms with van der Waals surface area (Å²) in [7, 11) is 0. The molecule has 1 fully saturated rings. The van der Waals surface area contributed by atoms with E-state index >= 15 is 0 Å². The Kier molecular flexibility index (Phi) is 5.59. The lowest BCUT2D eigenvalue weighted by Gasteiger charge is -2.28. The van der Waals surface area contributed by atoms with E-state index in [4.69, 9.17) is 9.72 Å². The van der Waals surface area contributed by atoms with Crippen molar-refractivity contribution in [1.29, 1.82) is 0 Å². The summed E-state index contributed by atoms with van der Waals surface area (Å²) in [6.45, 7) is 6.64. The lowest BCUT2D eigenvalue weighted by atomic mass is 10.0. The van der Waals surface area contributed by atoms with Crippen LogP contribution in [0.3, 0.4) is 0 Å². The van der Waals surface area contributed by atoms with Crippen LogP contribution in [-0.2, 0) is 9.53 Å². The fourth-order valence-electron chi connectivity index (χ4n) is 4.27. The third-order valence-electron chi connectivity index (χ3n) is 5.93. The number of fused-ring (bicyclic) bond motifs is 2. The number of rotatable bonds is 5. The van der Waals surface area contributed by atoms with Crippen LogP contribution >= 0.6 is 11.3 Å². The number of hydrogen-bond donors (Lipinski definition) is 1. The van der Waals surface area contributed by atoms with Crippen molar-refractivity contribution in [3.63, 3.8) is 0 Å². The molecule has 1 aromatic heterocycles. The van der Waals surface area contributed by atoms with Crippen LogP contribution in [0.25, 0.3) is 10.2 Å². The van der Waals surface area contributed by atoms with Gasteiger partial charge in [0.05, 0.1) is 34.6 Å². The molecule has 5 rings (SSSR count). The van der Waals surface area contributed by atoms with E-state index < -0.39 is 23.8 Å². The normalized spacial score (nSPS) is 17.1. The molecule has 1 saturated heterocycles. The maximum Gasteiger partial charge on any atom is 0.262 e. The van der Waals surface area contributed by atoms with Crippen LogP contribution < -0.4 is 10.2 Å². The number of imide groups is 1. The quantitative estimate of drug-likeness (QED) is 0.582. The van der Waals surface area contributed by atoms with E-state index in [1.54, 1.807) is 41.7 Å². The minimum Gasteiger partial charge on any atom is -0.378 e. The molecule has 3 heterocycles. The second kappa shape index (κ2) is 8.57. The van der Waals surface area contributed by atoms with Crippen LogP contribution in [0, 0.1) is 5.92 Å². The molecule has 1 atom stereocenters. The summed E-state index contributed by atoms with van der Waals surface area (Å²) >= 11 is 1.57. The van der Waals surface area contributed by atoms with E-state index in [-0.39, 0.29) is 5.92 Å². The molecule has 9 heteroatoms. The van der Waals surface area contributed by atoms with Crippen molar-refractivity contribution < 1.29 is 19.1 Å². The van der Waals surface area contributed by atoms with Crippen LogP contribution in [0.4, 0.5) is 10.8 Å². The van der Waals surface area contributed by atoms with Crippen LogP contribution in [0.15, 0.2) is 42.5 Å². The lowest BCUT2D eigenvalue weighted by Crippen LogP contribution is -2.50. The zero-order chi connectivity index (χ0) is 23.1. The van der Waals surface area contributed by atoms with Crippen LogP contribution in [0.2, 0.25) is 0 Å². The molecule has 3 amide bonds. The van der Waals surface area contributed by atoms with Gasteiger partial charge in [-0.15, -0.1) is 0 Å². The first-order valence-electron chi connectivity index (χ1n) is 10.9. The van der Waals surface area contributed by atoms with E-state index in [1.165, 1.54) is 0 Å². The third-order valence-corrected chi connectivity index (χ3v) is 7.01. The highest BCUT2D eigenvalue weighted by Gasteiger charge is 2.43. The zero-order valence-corrected chi connectivity index (χ0v) is 19.2. The topological polar surface area (TPSA) is 91.8 Å². The molecule has 0 radical (unpaired) electrons. The van der Waals surface area contributed by atoms with Crippen molar-refractivity contribution in [1.82, 2.24) is 9.88 Å². The van der Waals surface area contributed by atoms with Crippen molar-refractivity contribution in [3.05, 3.63) is 53.6 Å². The summed E-state index contributed by atoms with van der Waals surface area (Å²) in [6.07, 6.45) is 0. The van der Waals surface area contributed by atoms with Crippen LogP contribution in [0.1, 0.15) is 34.6 Å². The maximum absolute atomic E-state index is 13.3. The average molecular weight is 465 g/mol. The summed E-state index contributed by atoms with van der Waals surface area (Å²) in [5.41, 5.74) is 2.14. The first-order valence-corrected chi connectivity index (χ1v) is 11.8. The molecule has 0 spiro atoms. The number of morpholine rings is 1. The van der Waals surface area contributed by atoms with Crippen molar-refractivity contribution in [2.24, 2.45) is 5.92 Å². The second-order valence-corrected chi connectivity index (χ2v) is 9.49. The number of amides is 3. The van der Waals surface area contributed by atoms with Crippen molar-refractivity contribution in [2.75, 3.05) is 36.5 Å². The van der Waals surface area contributed by atoms with Crippen molar-refractivity contribution in [2.45, 2.75) is 19.9 Å². The number of benzene rings is 2. The van der Waals surface area contributed by atoms with Gasteiger partial charge in [0, 0.05) is 18.8 Å². The number of carbonyl (C=O) groups excluding carboxylic acids is 3. The SMILES string of the molecule is CC(C)C(C(=O)Nc1ccc2nc(N3CCOCC3)sc2c1)N1C(=O)c2ccccc2C1=O. The minimum absolute atomic E-state index is 0.257. The monoisotopic (exact) mass is 464 g/mol. The molecule has 8 nitrogen and oxygen atoms in total. The number of anilines is 2. The first-order chi connectivity index (χ1) is 15.9. The first kappa shape index (κ1) is 21.5. The van der Waals surface area contributed by atoms with Gasteiger partial charge in [-0.05, 0) is 36.2 Å². The van der Waals surface area contributed by atoms with Gasteiger partial charge in [0.15, 0.2) is 5.13 Å². The lowest BCUT2D eigenvalue weighted by molar-refractivity contribution is -0.121. The highest BCUT2D eigenvalue weighted by atomic mass is 32.1. The molecule has 2 aromatic carbocycles. The molecular formula is C24H24N4O4S. The molecule has 0 aliphatic carbocycles.